The Kier molecular flexibility index (Phi) is 6.24. The van der Waals surface area contributed by atoms with Crippen LogP contribution in [0.15, 0.2) is 30.7 Å². The van der Waals surface area contributed by atoms with Crippen molar-refractivity contribution in [3.05, 3.63) is 52.7 Å². The fourth-order valence-corrected chi connectivity index (χ4v) is 3.92. The molecule has 1 aliphatic rings. The number of amides is 1. The molecule has 2 N–H and O–H groups in total. The van der Waals surface area contributed by atoms with Gasteiger partial charge in [-0.2, -0.15) is 10.1 Å². The van der Waals surface area contributed by atoms with Gasteiger partial charge in [0.25, 0.3) is 0 Å². The van der Waals surface area contributed by atoms with Gasteiger partial charge in [0.1, 0.15) is 16.9 Å². The number of anilines is 3. The molecule has 0 unspecified atom stereocenters. The molecule has 0 aliphatic carbocycles. The minimum atomic E-state index is -0.458. The van der Waals surface area contributed by atoms with E-state index in [1.165, 1.54) is 0 Å². The molecule has 1 amide bonds. The van der Waals surface area contributed by atoms with Gasteiger partial charge in [-0.05, 0) is 25.0 Å². The standard InChI is InChI=1S/C21H25ClN8O2/c1-13-18-19(28(2)16(6-7-31)20(32)29(18)3)27-21(26-13)24-9-15-10-25-30(12-15)11-14-4-5-17(22)23-8-14/h4-5,8,10,12,16,31H,6-7,9,11H2,1-3H3,(H,24,26,27)/t16-/m0/s1. The maximum absolute atomic E-state index is 12.7. The first-order valence-corrected chi connectivity index (χ1v) is 10.6. The second-order valence-electron chi connectivity index (χ2n) is 7.73. The Morgan fingerprint density at radius 1 is 1.19 bits per heavy atom. The molecule has 11 heteroatoms. The molecule has 1 atom stereocenters. The molecule has 4 rings (SSSR count). The van der Waals surface area contributed by atoms with E-state index in [1.54, 1.807) is 30.4 Å². The van der Waals surface area contributed by atoms with Crippen molar-refractivity contribution in [3.8, 4) is 0 Å². The lowest BCUT2D eigenvalue weighted by Crippen LogP contribution is -2.51. The van der Waals surface area contributed by atoms with E-state index in [4.69, 9.17) is 11.6 Å². The topological polar surface area (TPSA) is 112 Å². The maximum Gasteiger partial charge on any atom is 0.249 e. The third-order valence-corrected chi connectivity index (χ3v) is 5.69. The summed E-state index contributed by atoms with van der Waals surface area (Å²) < 4.78 is 1.83. The van der Waals surface area contributed by atoms with E-state index in [2.05, 4.69) is 25.4 Å². The van der Waals surface area contributed by atoms with Crippen LogP contribution in [0.25, 0.3) is 0 Å². The Balaban J connectivity index is 1.48. The quantitative estimate of drug-likeness (QED) is 0.518. The third-order valence-electron chi connectivity index (χ3n) is 5.47. The number of aliphatic hydroxyl groups is 1. The molecule has 1 aliphatic heterocycles. The summed E-state index contributed by atoms with van der Waals surface area (Å²) in [5, 5.41) is 17.5. The number of nitrogens with one attached hydrogen (secondary N) is 1. The van der Waals surface area contributed by atoms with Crippen LogP contribution in [-0.4, -0.2) is 62.5 Å². The predicted octanol–water partition coefficient (Wildman–Crippen LogP) is 1.85. The highest BCUT2D eigenvalue weighted by Crippen LogP contribution is 2.36. The molecule has 0 spiro atoms. The lowest BCUT2D eigenvalue weighted by molar-refractivity contribution is -0.120. The molecule has 0 bridgehead atoms. The zero-order valence-electron chi connectivity index (χ0n) is 18.2. The average Bonchev–Trinajstić information content (AvgIpc) is 3.22. The number of aromatic nitrogens is 5. The van der Waals surface area contributed by atoms with Gasteiger partial charge in [-0.1, -0.05) is 17.7 Å². The number of likely N-dealkylation sites (N-methyl/N-ethyl adjacent to an activating group) is 2. The van der Waals surface area contributed by atoms with Gasteiger partial charge in [0.05, 0.1) is 18.4 Å². The number of halogens is 1. The van der Waals surface area contributed by atoms with Crippen LogP contribution >= 0.6 is 11.6 Å². The zero-order chi connectivity index (χ0) is 22.8. The lowest BCUT2D eigenvalue weighted by Gasteiger charge is -2.39. The maximum atomic E-state index is 12.7. The smallest absolute Gasteiger partial charge is 0.249 e. The van der Waals surface area contributed by atoms with Crippen LogP contribution in [0, 0.1) is 6.92 Å². The summed E-state index contributed by atoms with van der Waals surface area (Å²) in [5.41, 5.74) is 3.37. The highest BCUT2D eigenvalue weighted by molar-refractivity contribution is 6.29. The minimum Gasteiger partial charge on any atom is -0.396 e. The Morgan fingerprint density at radius 2 is 2.00 bits per heavy atom. The molecular weight excluding hydrogens is 432 g/mol. The van der Waals surface area contributed by atoms with Gasteiger partial charge in [-0.3, -0.25) is 9.48 Å². The van der Waals surface area contributed by atoms with E-state index in [1.807, 2.05) is 35.8 Å². The molecule has 0 saturated carbocycles. The molecular formula is C21H25ClN8O2. The van der Waals surface area contributed by atoms with Gasteiger partial charge in [0.2, 0.25) is 11.9 Å². The van der Waals surface area contributed by atoms with Gasteiger partial charge < -0.3 is 20.2 Å². The number of pyridine rings is 1. The summed E-state index contributed by atoms with van der Waals surface area (Å²) in [5.74, 6) is 1.05. The van der Waals surface area contributed by atoms with Crippen molar-refractivity contribution < 1.29 is 9.90 Å². The van der Waals surface area contributed by atoms with E-state index in [-0.39, 0.29) is 12.5 Å². The fourth-order valence-electron chi connectivity index (χ4n) is 3.81. The van der Waals surface area contributed by atoms with Crippen molar-refractivity contribution in [1.82, 2.24) is 24.7 Å². The first kappa shape index (κ1) is 22.0. The molecule has 0 radical (unpaired) electrons. The van der Waals surface area contributed by atoms with Crippen LogP contribution in [0.1, 0.15) is 23.2 Å². The van der Waals surface area contributed by atoms with Crippen LogP contribution in [0.5, 0.6) is 0 Å². The van der Waals surface area contributed by atoms with E-state index < -0.39 is 6.04 Å². The van der Waals surface area contributed by atoms with Crippen molar-refractivity contribution in [1.29, 1.82) is 0 Å². The number of hydrogen-bond acceptors (Lipinski definition) is 8. The Bertz CT molecular complexity index is 1120. The SMILES string of the molecule is Cc1nc(NCc2cnn(Cc3ccc(Cl)nc3)c2)nc2c1N(C)C(=O)[C@H](CCO)N2C. The second kappa shape index (κ2) is 9.09. The molecule has 0 fully saturated rings. The van der Waals surface area contributed by atoms with Gasteiger partial charge in [-0.25, -0.2) is 9.97 Å². The molecule has 32 heavy (non-hydrogen) atoms. The molecule has 4 heterocycles. The number of aryl methyl sites for hydroxylation is 1. The first-order valence-electron chi connectivity index (χ1n) is 10.2. The summed E-state index contributed by atoms with van der Waals surface area (Å²) in [7, 11) is 3.53. The van der Waals surface area contributed by atoms with Crippen LogP contribution in [0.3, 0.4) is 0 Å². The van der Waals surface area contributed by atoms with Crippen molar-refractivity contribution >= 4 is 35.0 Å². The predicted molar refractivity (Wildman–Crippen MR) is 122 cm³/mol. The van der Waals surface area contributed by atoms with Gasteiger partial charge in [-0.15, -0.1) is 0 Å². The number of rotatable bonds is 7. The summed E-state index contributed by atoms with van der Waals surface area (Å²) in [4.78, 5) is 29.3. The van der Waals surface area contributed by atoms with E-state index in [0.29, 0.717) is 47.8 Å². The van der Waals surface area contributed by atoms with Crippen LogP contribution in [0.4, 0.5) is 17.5 Å². The van der Waals surface area contributed by atoms with Crippen molar-refractivity contribution in [2.75, 3.05) is 35.8 Å². The third kappa shape index (κ3) is 4.37. The number of fused-ring (bicyclic) bond motifs is 1. The average molecular weight is 457 g/mol. The van der Waals surface area contributed by atoms with Crippen molar-refractivity contribution in [2.45, 2.75) is 32.5 Å². The monoisotopic (exact) mass is 456 g/mol. The summed E-state index contributed by atoms with van der Waals surface area (Å²) in [6.45, 7) is 2.87. The van der Waals surface area contributed by atoms with Crippen LogP contribution < -0.4 is 15.1 Å². The van der Waals surface area contributed by atoms with Crippen LogP contribution in [0.2, 0.25) is 5.15 Å². The van der Waals surface area contributed by atoms with E-state index >= 15 is 0 Å². The summed E-state index contributed by atoms with van der Waals surface area (Å²) >= 11 is 5.83. The largest absolute Gasteiger partial charge is 0.396 e. The highest BCUT2D eigenvalue weighted by atomic mass is 35.5. The number of nitrogens with zero attached hydrogens (tertiary/aromatic N) is 7. The lowest BCUT2D eigenvalue weighted by atomic mass is 10.1. The van der Waals surface area contributed by atoms with E-state index in [0.717, 1.165) is 11.1 Å². The number of carbonyl (C=O) groups is 1. The number of hydrogen-bond donors (Lipinski definition) is 2. The van der Waals surface area contributed by atoms with Gasteiger partial charge in [0, 0.05) is 45.2 Å². The van der Waals surface area contributed by atoms with Crippen molar-refractivity contribution in [3.63, 3.8) is 0 Å². The Labute approximate surface area is 190 Å². The second-order valence-corrected chi connectivity index (χ2v) is 8.12. The first-order chi connectivity index (χ1) is 15.4. The normalized spacial score (nSPS) is 15.8. The fraction of sp³-hybridized carbons (Fsp3) is 0.381. The molecule has 168 valence electrons. The molecule has 0 saturated heterocycles. The molecule has 10 nitrogen and oxygen atoms in total. The Hall–Kier alpha value is -3.24. The summed E-state index contributed by atoms with van der Waals surface area (Å²) in [6.07, 6.45) is 5.81. The van der Waals surface area contributed by atoms with Crippen LogP contribution in [-0.2, 0) is 17.9 Å². The van der Waals surface area contributed by atoms with Crippen molar-refractivity contribution in [2.24, 2.45) is 0 Å². The molecule has 0 aromatic carbocycles. The highest BCUT2D eigenvalue weighted by Gasteiger charge is 2.36. The zero-order valence-corrected chi connectivity index (χ0v) is 18.9. The van der Waals surface area contributed by atoms with Gasteiger partial charge >= 0.3 is 0 Å². The Morgan fingerprint density at radius 3 is 2.72 bits per heavy atom. The molecule has 3 aromatic rings. The van der Waals surface area contributed by atoms with Gasteiger partial charge in [0.15, 0.2) is 5.82 Å². The number of aliphatic hydroxyl groups excluding tert-OH is 1. The van der Waals surface area contributed by atoms with E-state index in [9.17, 15) is 9.90 Å². The summed E-state index contributed by atoms with van der Waals surface area (Å²) in [6, 6.07) is 3.22. The minimum absolute atomic E-state index is 0.0742. The number of carbonyl (C=O) groups excluding carboxylic acids is 1. The molecule has 3 aromatic heterocycles.